The van der Waals surface area contributed by atoms with Gasteiger partial charge in [-0.3, -0.25) is 9.10 Å². The Bertz CT molecular complexity index is 1210. The van der Waals surface area contributed by atoms with Gasteiger partial charge in [0.15, 0.2) is 0 Å². The van der Waals surface area contributed by atoms with E-state index in [-0.39, 0.29) is 5.91 Å². The van der Waals surface area contributed by atoms with Gasteiger partial charge in [-0.1, -0.05) is 42.8 Å². The predicted molar refractivity (Wildman–Crippen MR) is 123 cm³/mol. The van der Waals surface area contributed by atoms with Crippen LogP contribution in [0.2, 0.25) is 5.02 Å². The van der Waals surface area contributed by atoms with Gasteiger partial charge in [-0.05, 0) is 66.1 Å². The van der Waals surface area contributed by atoms with Crippen LogP contribution in [0, 0.1) is 0 Å². The van der Waals surface area contributed by atoms with E-state index in [1.54, 1.807) is 31.2 Å². The highest BCUT2D eigenvalue weighted by Crippen LogP contribution is 2.35. The molecule has 3 aromatic carbocycles. The summed E-state index contributed by atoms with van der Waals surface area (Å²) in [4.78, 5) is 13.3. The molecule has 0 aliphatic heterocycles. The minimum Gasteiger partial charge on any atom is -0.324 e. The molecule has 1 unspecified atom stereocenters. The van der Waals surface area contributed by atoms with Crippen molar-refractivity contribution in [3.63, 3.8) is 0 Å². The van der Waals surface area contributed by atoms with Crippen molar-refractivity contribution in [2.45, 2.75) is 32.2 Å². The van der Waals surface area contributed by atoms with Crippen LogP contribution in [-0.2, 0) is 27.7 Å². The Balaban J connectivity index is 1.71. The summed E-state index contributed by atoms with van der Waals surface area (Å²) < 4.78 is 26.4. The largest absolute Gasteiger partial charge is 0.324 e. The van der Waals surface area contributed by atoms with Gasteiger partial charge in [0.2, 0.25) is 15.9 Å². The van der Waals surface area contributed by atoms with E-state index in [4.69, 9.17) is 11.6 Å². The fourth-order valence-corrected chi connectivity index (χ4v) is 5.56. The number of aryl methyl sites for hydroxylation is 2. The molecule has 0 heterocycles. The highest BCUT2D eigenvalue weighted by Gasteiger charge is 2.32. The average molecular weight is 443 g/mol. The van der Waals surface area contributed by atoms with Gasteiger partial charge in [0.1, 0.15) is 6.04 Å². The number of amides is 1. The summed E-state index contributed by atoms with van der Waals surface area (Å²) >= 11 is 5.95. The molecule has 0 fully saturated rings. The van der Waals surface area contributed by atoms with Crippen molar-refractivity contribution in [2.24, 2.45) is 0 Å². The van der Waals surface area contributed by atoms with Gasteiger partial charge in [-0.15, -0.1) is 0 Å². The first kappa shape index (κ1) is 20.7. The molecule has 5 nitrogen and oxygen atoms in total. The highest BCUT2D eigenvalue weighted by molar-refractivity contribution is 7.92. The van der Waals surface area contributed by atoms with Crippen LogP contribution in [-0.4, -0.2) is 26.6 Å². The summed E-state index contributed by atoms with van der Waals surface area (Å²) in [5, 5.41) is 5.66. The van der Waals surface area contributed by atoms with E-state index in [0.717, 1.165) is 24.5 Å². The van der Waals surface area contributed by atoms with Crippen molar-refractivity contribution in [2.75, 3.05) is 15.9 Å². The Labute approximate surface area is 181 Å². The predicted octanol–water partition coefficient (Wildman–Crippen LogP) is 4.78. The Morgan fingerprint density at radius 1 is 1.07 bits per heavy atom. The summed E-state index contributed by atoms with van der Waals surface area (Å²) in [6, 6.07) is 15.6. The molecule has 0 radical (unpaired) electrons. The van der Waals surface area contributed by atoms with E-state index in [2.05, 4.69) is 11.4 Å². The first-order valence-electron chi connectivity index (χ1n) is 9.89. The monoisotopic (exact) mass is 442 g/mol. The van der Waals surface area contributed by atoms with Gasteiger partial charge in [-0.2, -0.15) is 0 Å². The van der Waals surface area contributed by atoms with E-state index < -0.39 is 16.1 Å². The quantitative estimate of drug-likeness (QED) is 0.597. The Morgan fingerprint density at radius 2 is 1.73 bits per heavy atom. The van der Waals surface area contributed by atoms with Gasteiger partial charge in [-0.25, -0.2) is 8.42 Å². The number of halogens is 1. The fraction of sp³-hybridized carbons (Fsp3) is 0.261. The number of hydrogen-bond acceptors (Lipinski definition) is 3. The van der Waals surface area contributed by atoms with Gasteiger partial charge in [0, 0.05) is 16.1 Å². The summed E-state index contributed by atoms with van der Waals surface area (Å²) in [6.07, 6.45) is 3.43. The van der Waals surface area contributed by atoms with Gasteiger partial charge in [0.05, 0.1) is 11.9 Å². The minimum atomic E-state index is -3.70. The lowest BCUT2D eigenvalue weighted by molar-refractivity contribution is -0.117. The third kappa shape index (κ3) is 3.77. The van der Waals surface area contributed by atoms with Crippen LogP contribution >= 0.6 is 11.6 Å². The third-order valence-electron chi connectivity index (χ3n) is 5.55. The van der Waals surface area contributed by atoms with Crippen molar-refractivity contribution in [3.8, 4) is 0 Å². The molecular formula is C23H23ClN2O3S. The number of carbonyl (C=O) groups excluding carboxylic acids is 1. The summed E-state index contributed by atoms with van der Waals surface area (Å²) in [6.45, 7) is 1.80. The van der Waals surface area contributed by atoms with Crippen LogP contribution in [0.1, 0.15) is 24.5 Å². The molecule has 1 aliphatic carbocycles. The van der Waals surface area contributed by atoms with E-state index in [0.29, 0.717) is 22.8 Å². The molecule has 0 spiro atoms. The van der Waals surface area contributed by atoms with E-state index >= 15 is 0 Å². The number of benzene rings is 3. The molecule has 1 N–H and O–H groups in total. The molecule has 1 amide bonds. The van der Waals surface area contributed by atoms with Crippen LogP contribution in [0.5, 0.6) is 0 Å². The highest BCUT2D eigenvalue weighted by atomic mass is 35.5. The summed E-state index contributed by atoms with van der Waals surface area (Å²) in [5.74, 6) is -0.364. The zero-order valence-corrected chi connectivity index (χ0v) is 18.4. The zero-order chi connectivity index (χ0) is 21.5. The van der Waals surface area contributed by atoms with Crippen molar-refractivity contribution in [1.29, 1.82) is 0 Å². The van der Waals surface area contributed by atoms with Crippen molar-refractivity contribution in [3.05, 3.63) is 70.7 Å². The van der Waals surface area contributed by atoms with Crippen LogP contribution in [0.4, 0.5) is 11.4 Å². The van der Waals surface area contributed by atoms with Gasteiger partial charge < -0.3 is 5.32 Å². The first-order valence-corrected chi connectivity index (χ1v) is 12.1. The second-order valence-corrected chi connectivity index (χ2v) is 9.86. The Hall–Kier alpha value is -2.57. The molecule has 0 aromatic heterocycles. The Morgan fingerprint density at radius 3 is 2.37 bits per heavy atom. The average Bonchev–Trinajstić information content (AvgIpc) is 3.13. The molecule has 4 rings (SSSR count). The van der Waals surface area contributed by atoms with E-state index in [1.807, 2.05) is 24.3 Å². The fourth-order valence-electron chi connectivity index (χ4n) is 4.22. The molecule has 156 valence electrons. The SMILES string of the molecule is CCC(C(=O)Nc1ccc2c3c(cccc13)CC2)N(c1ccc(Cl)cc1)S(C)(=O)=O. The Kier molecular flexibility index (Phi) is 5.47. The number of hydrogen-bond donors (Lipinski definition) is 1. The van der Waals surface area contributed by atoms with Crippen molar-refractivity contribution in [1.82, 2.24) is 0 Å². The zero-order valence-electron chi connectivity index (χ0n) is 16.9. The van der Waals surface area contributed by atoms with Crippen LogP contribution in [0.3, 0.4) is 0 Å². The number of anilines is 2. The van der Waals surface area contributed by atoms with E-state index in [9.17, 15) is 13.2 Å². The van der Waals surface area contributed by atoms with Crippen molar-refractivity contribution < 1.29 is 13.2 Å². The number of carbonyl (C=O) groups is 1. The normalized spacial score (nSPS) is 14.0. The minimum absolute atomic E-state index is 0.322. The topological polar surface area (TPSA) is 66.5 Å². The standard InChI is InChI=1S/C23H23ClN2O3S/c1-3-21(26(30(2,28)29)18-12-10-17(24)11-13-18)23(27)25-20-14-9-16-8-7-15-5-4-6-19(20)22(15)16/h4-6,9-14,21H,3,7-8H2,1-2H3,(H,25,27). The van der Waals surface area contributed by atoms with E-state index in [1.165, 1.54) is 20.8 Å². The number of sulfonamides is 1. The number of nitrogens with zero attached hydrogens (tertiary/aromatic N) is 1. The number of rotatable bonds is 6. The van der Waals surface area contributed by atoms with Gasteiger partial charge >= 0.3 is 0 Å². The summed E-state index contributed by atoms with van der Waals surface area (Å²) in [7, 11) is -3.70. The maximum absolute atomic E-state index is 13.3. The van der Waals surface area contributed by atoms with Crippen LogP contribution in [0.15, 0.2) is 54.6 Å². The second-order valence-electron chi connectivity index (χ2n) is 7.56. The molecule has 3 aromatic rings. The molecule has 30 heavy (non-hydrogen) atoms. The third-order valence-corrected chi connectivity index (χ3v) is 6.98. The number of nitrogens with one attached hydrogen (secondary N) is 1. The summed E-state index contributed by atoms with van der Waals surface area (Å²) in [5.41, 5.74) is 3.67. The molecular weight excluding hydrogens is 420 g/mol. The maximum Gasteiger partial charge on any atom is 0.248 e. The smallest absolute Gasteiger partial charge is 0.248 e. The van der Waals surface area contributed by atoms with Crippen molar-refractivity contribution >= 4 is 49.7 Å². The first-order chi connectivity index (χ1) is 14.3. The van der Waals surface area contributed by atoms with Gasteiger partial charge in [0.25, 0.3) is 0 Å². The maximum atomic E-state index is 13.3. The molecule has 0 saturated carbocycles. The van der Waals surface area contributed by atoms with Crippen LogP contribution < -0.4 is 9.62 Å². The molecule has 7 heteroatoms. The lowest BCUT2D eigenvalue weighted by Crippen LogP contribution is -2.47. The lowest BCUT2D eigenvalue weighted by Gasteiger charge is -2.30. The second kappa shape index (κ2) is 7.93. The molecule has 1 aliphatic rings. The molecule has 0 saturated heterocycles. The molecule has 0 bridgehead atoms. The lowest BCUT2D eigenvalue weighted by atomic mass is 10.0. The van der Waals surface area contributed by atoms with Crippen LogP contribution in [0.25, 0.3) is 10.8 Å². The molecule has 1 atom stereocenters.